The number of hydrogen-bond donors (Lipinski definition) is 1. The number of halogens is 2. The quantitative estimate of drug-likeness (QED) is 0.635. The molecule has 3 nitrogen and oxygen atoms in total. The highest BCUT2D eigenvalue weighted by atomic mass is 127. The number of aryl methyl sites for hydroxylation is 1. The summed E-state index contributed by atoms with van der Waals surface area (Å²) in [5.74, 6) is 0. The van der Waals surface area contributed by atoms with Crippen molar-refractivity contribution in [2.24, 2.45) is 0 Å². The van der Waals surface area contributed by atoms with Crippen LogP contribution in [0.1, 0.15) is 11.4 Å². The Morgan fingerprint density at radius 2 is 2.06 bits per heavy atom. The average molecular weight is 348 g/mol. The summed E-state index contributed by atoms with van der Waals surface area (Å²) in [6.45, 7) is 3.81. The summed E-state index contributed by atoms with van der Waals surface area (Å²) in [4.78, 5) is 0. The fourth-order valence-electron chi connectivity index (χ4n) is 1.58. The van der Waals surface area contributed by atoms with E-state index in [4.69, 9.17) is 17.3 Å². The molecule has 0 saturated carbocycles. The minimum absolute atomic E-state index is 0.693. The first-order valence-corrected chi connectivity index (χ1v) is 6.23. The van der Waals surface area contributed by atoms with Gasteiger partial charge in [-0.25, -0.2) is 4.68 Å². The van der Waals surface area contributed by atoms with E-state index in [1.54, 1.807) is 4.68 Å². The molecule has 0 fully saturated rings. The highest BCUT2D eigenvalue weighted by Crippen LogP contribution is 2.26. The molecule has 0 aliphatic heterocycles. The van der Waals surface area contributed by atoms with Crippen molar-refractivity contribution >= 4 is 39.9 Å². The molecule has 1 aromatic heterocycles. The summed E-state index contributed by atoms with van der Waals surface area (Å²) in [7, 11) is 0. The van der Waals surface area contributed by atoms with Crippen LogP contribution in [0.15, 0.2) is 18.2 Å². The van der Waals surface area contributed by atoms with Gasteiger partial charge in [0.05, 0.1) is 27.8 Å². The Morgan fingerprint density at radius 3 is 2.56 bits per heavy atom. The molecule has 0 aliphatic carbocycles. The number of aromatic nitrogens is 2. The summed E-state index contributed by atoms with van der Waals surface area (Å²) < 4.78 is 2.88. The molecule has 84 valence electrons. The molecule has 0 amide bonds. The monoisotopic (exact) mass is 347 g/mol. The summed E-state index contributed by atoms with van der Waals surface area (Å²) in [6.07, 6.45) is 0. The van der Waals surface area contributed by atoms with Crippen LogP contribution in [0.3, 0.4) is 0 Å². The summed E-state index contributed by atoms with van der Waals surface area (Å²) in [6, 6.07) is 5.86. The van der Waals surface area contributed by atoms with Gasteiger partial charge in [-0.05, 0) is 54.6 Å². The normalized spacial score (nSPS) is 10.8. The average Bonchev–Trinajstić information content (AvgIpc) is 2.46. The van der Waals surface area contributed by atoms with E-state index in [9.17, 15) is 0 Å². The van der Waals surface area contributed by atoms with Crippen LogP contribution in [-0.2, 0) is 0 Å². The third-order valence-corrected chi connectivity index (χ3v) is 3.64. The zero-order valence-corrected chi connectivity index (χ0v) is 11.9. The van der Waals surface area contributed by atoms with Crippen molar-refractivity contribution in [1.82, 2.24) is 9.78 Å². The van der Waals surface area contributed by atoms with E-state index in [0.29, 0.717) is 10.7 Å². The third-order valence-electron chi connectivity index (χ3n) is 2.42. The van der Waals surface area contributed by atoms with Crippen molar-refractivity contribution < 1.29 is 0 Å². The minimum Gasteiger partial charge on any atom is -0.397 e. The van der Waals surface area contributed by atoms with Gasteiger partial charge in [0.25, 0.3) is 0 Å². The summed E-state index contributed by atoms with van der Waals surface area (Å²) in [5.41, 5.74) is 9.27. The number of anilines is 1. The highest BCUT2D eigenvalue weighted by Gasteiger charge is 2.12. The Hall–Kier alpha value is -0.750. The van der Waals surface area contributed by atoms with Gasteiger partial charge in [0.1, 0.15) is 0 Å². The Balaban J connectivity index is 2.63. The number of benzene rings is 1. The predicted octanol–water partition coefficient (Wildman–Crippen LogP) is 3.33. The Bertz CT molecular complexity index is 548. The van der Waals surface area contributed by atoms with E-state index in [1.807, 2.05) is 32.0 Å². The molecule has 0 atom stereocenters. The lowest BCUT2D eigenvalue weighted by molar-refractivity contribution is 0.835. The zero-order chi connectivity index (χ0) is 11.9. The van der Waals surface area contributed by atoms with Crippen LogP contribution in [0.2, 0.25) is 5.02 Å². The molecular formula is C11H11ClIN3. The van der Waals surface area contributed by atoms with Crippen LogP contribution in [0.25, 0.3) is 5.69 Å². The van der Waals surface area contributed by atoms with E-state index in [0.717, 1.165) is 20.6 Å². The molecule has 0 bridgehead atoms. The van der Waals surface area contributed by atoms with E-state index in [1.165, 1.54) is 0 Å². The zero-order valence-electron chi connectivity index (χ0n) is 8.96. The summed E-state index contributed by atoms with van der Waals surface area (Å²) in [5, 5.41) is 5.07. The smallest absolute Gasteiger partial charge is 0.0879 e. The fraction of sp³-hybridized carbons (Fsp3) is 0.182. The lowest BCUT2D eigenvalue weighted by atomic mass is 10.2. The highest BCUT2D eigenvalue weighted by molar-refractivity contribution is 14.1. The van der Waals surface area contributed by atoms with Gasteiger partial charge in [0, 0.05) is 3.57 Å². The minimum atomic E-state index is 0.693. The first kappa shape index (κ1) is 11.7. The molecule has 0 unspecified atom stereocenters. The Morgan fingerprint density at radius 1 is 1.38 bits per heavy atom. The van der Waals surface area contributed by atoms with E-state index in [-0.39, 0.29) is 0 Å². The Kier molecular flexibility index (Phi) is 3.12. The van der Waals surface area contributed by atoms with Gasteiger partial charge in [-0.2, -0.15) is 5.10 Å². The van der Waals surface area contributed by atoms with E-state index < -0.39 is 0 Å². The first-order chi connectivity index (χ1) is 7.50. The second kappa shape index (κ2) is 4.25. The van der Waals surface area contributed by atoms with Crippen LogP contribution in [0, 0.1) is 17.4 Å². The largest absolute Gasteiger partial charge is 0.397 e. The fourth-order valence-corrected chi connectivity index (χ4v) is 2.21. The van der Waals surface area contributed by atoms with Crippen molar-refractivity contribution in [1.29, 1.82) is 0 Å². The van der Waals surface area contributed by atoms with Gasteiger partial charge in [-0.3, -0.25) is 0 Å². The second-order valence-corrected chi connectivity index (χ2v) is 5.22. The van der Waals surface area contributed by atoms with Gasteiger partial charge in [0.2, 0.25) is 0 Å². The predicted molar refractivity (Wildman–Crippen MR) is 75.2 cm³/mol. The van der Waals surface area contributed by atoms with Crippen LogP contribution in [0.4, 0.5) is 5.69 Å². The number of hydrogen-bond acceptors (Lipinski definition) is 2. The molecule has 0 spiro atoms. The van der Waals surface area contributed by atoms with Crippen molar-refractivity contribution in [3.8, 4) is 5.69 Å². The van der Waals surface area contributed by atoms with Crippen LogP contribution in [0.5, 0.6) is 0 Å². The van der Waals surface area contributed by atoms with E-state index >= 15 is 0 Å². The standard InChI is InChI=1S/C11H11ClIN3/c1-6-11(12)7(2)16(15-6)10-4-3-8(13)5-9(10)14/h3-5H,14H2,1-2H3. The maximum atomic E-state index is 6.11. The molecule has 5 heteroatoms. The molecule has 0 radical (unpaired) electrons. The van der Waals surface area contributed by atoms with Gasteiger partial charge in [0.15, 0.2) is 0 Å². The molecular weight excluding hydrogens is 336 g/mol. The summed E-state index contributed by atoms with van der Waals surface area (Å²) >= 11 is 8.33. The SMILES string of the molecule is Cc1nn(-c2ccc(I)cc2N)c(C)c1Cl. The molecule has 2 aromatic rings. The van der Waals surface area contributed by atoms with Crippen molar-refractivity contribution in [2.75, 3.05) is 5.73 Å². The van der Waals surface area contributed by atoms with Crippen molar-refractivity contribution in [3.63, 3.8) is 0 Å². The molecule has 0 saturated heterocycles. The third kappa shape index (κ3) is 1.91. The Labute approximate surface area is 113 Å². The lowest BCUT2D eigenvalue weighted by Gasteiger charge is -2.08. The number of nitrogen functional groups attached to an aromatic ring is 1. The van der Waals surface area contributed by atoms with Crippen LogP contribution >= 0.6 is 34.2 Å². The molecule has 1 aromatic carbocycles. The second-order valence-electron chi connectivity index (χ2n) is 3.60. The molecule has 2 N–H and O–H groups in total. The molecule has 16 heavy (non-hydrogen) atoms. The molecule has 0 aliphatic rings. The lowest BCUT2D eigenvalue weighted by Crippen LogP contribution is -2.03. The number of nitrogens with zero attached hydrogens (tertiary/aromatic N) is 2. The van der Waals surface area contributed by atoms with Gasteiger partial charge < -0.3 is 5.73 Å². The number of nitrogens with two attached hydrogens (primary N) is 1. The van der Waals surface area contributed by atoms with Gasteiger partial charge in [-0.1, -0.05) is 11.6 Å². The molecule has 1 heterocycles. The topological polar surface area (TPSA) is 43.8 Å². The van der Waals surface area contributed by atoms with Gasteiger partial charge in [-0.15, -0.1) is 0 Å². The maximum Gasteiger partial charge on any atom is 0.0879 e. The maximum absolute atomic E-state index is 6.11. The van der Waals surface area contributed by atoms with Crippen LogP contribution < -0.4 is 5.73 Å². The van der Waals surface area contributed by atoms with Crippen LogP contribution in [-0.4, -0.2) is 9.78 Å². The van der Waals surface area contributed by atoms with Crippen molar-refractivity contribution in [3.05, 3.63) is 38.2 Å². The van der Waals surface area contributed by atoms with Crippen molar-refractivity contribution in [2.45, 2.75) is 13.8 Å². The number of rotatable bonds is 1. The molecule has 2 rings (SSSR count). The van der Waals surface area contributed by atoms with E-state index in [2.05, 4.69) is 27.7 Å². The van der Waals surface area contributed by atoms with Gasteiger partial charge >= 0.3 is 0 Å². The first-order valence-electron chi connectivity index (χ1n) is 4.78.